The highest BCUT2D eigenvalue weighted by atomic mass is 79.9. The van der Waals surface area contributed by atoms with Crippen LogP contribution in [0.3, 0.4) is 0 Å². The van der Waals surface area contributed by atoms with Crippen molar-refractivity contribution in [3.8, 4) is 0 Å². The zero-order chi connectivity index (χ0) is 14.4. The molecule has 0 aliphatic carbocycles. The van der Waals surface area contributed by atoms with E-state index in [0.717, 1.165) is 16.6 Å². The molecule has 0 fully saturated rings. The Labute approximate surface area is 126 Å². The maximum absolute atomic E-state index is 11.8. The van der Waals surface area contributed by atoms with Gasteiger partial charge in [0.05, 0.1) is 0 Å². The highest BCUT2D eigenvalue weighted by Gasteiger charge is 2.08. The fraction of sp³-hybridized carbons (Fsp3) is 0.200. The third kappa shape index (κ3) is 4.66. The Morgan fingerprint density at radius 3 is 2.50 bits per heavy atom. The monoisotopic (exact) mass is 333 g/mol. The van der Waals surface area contributed by atoms with E-state index in [1.165, 1.54) is 5.56 Å². The second kappa shape index (κ2) is 7.05. The van der Waals surface area contributed by atoms with Crippen LogP contribution < -0.4 is 10.6 Å². The summed E-state index contributed by atoms with van der Waals surface area (Å²) in [6.45, 7) is 1.98. The van der Waals surface area contributed by atoms with Gasteiger partial charge in [-0.1, -0.05) is 28.1 Å². The van der Waals surface area contributed by atoms with Crippen molar-refractivity contribution in [1.82, 2.24) is 10.3 Å². The number of urea groups is 1. The van der Waals surface area contributed by atoms with E-state index in [0.29, 0.717) is 0 Å². The summed E-state index contributed by atoms with van der Waals surface area (Å²) in [7, 11) is 0. The molecule has 2 aromatic rings. The Hall–Kier alpha value is -1.88. The normalized spacial score (nSPS) is 11.7. The van der Waals surface area contributed by atoms with Crippen LogP contribution in [0.15, 0.2) is 53.3 Å². The summed E-state index contributed by atoms with van der Waals surface area (Å²) in [6, 6.07) is 11.4. The molecule has 0 radical (unpaired) electrons. The van der Waals surface area contributed by atoms with E-state index in [9.17, 15) is 4.79 Å². The maximum Gasteiger partial charge on any atom is 0.319 e. The van der Waals surface area contributed by atoms with Gasteiger partial charge in [-0.05, 0) is 43.2 Å². The summed E-state index contributed by atoms with van der Waals surface area (Å²) in [6.07, 6.45) is 4.07. The van der Waals surface area contributed by atoms with Crippen molar-refractivity contribution in [2.75, 3.05) is 5.32 Å². The molecule has 1 atom stereocenters. The molecule has 0 unspecified atom stereocenters. The molecule has 4 nitrogen and oxygen atoms in total. The minimum atomic E-state index is -0.208. The Morgan fingerprint density at radius 2 is 1.85 bits per heavy atom. The van der Waals surface area contributed by atoms with Crippen molar-refractivity contribution >= 4 is 27.6 Å². The van der Waals surface area contributed by atoms with Crippen molar-refractivity contribution < 1.29 is 4.79 Å². The number of anilines is 1. The van der Waals surface area contributed by atoms with Gasteiger partial charge >= 0.3 is 6.03 Å². The summed E-state index contributed by atoms with van der Waals surface area (Å²) in [4.78, 5) is 15.7. The second-order valence-corrected chi connectivity index (χ2v) is 5.48. The van der Waals surface area contributed by atoms with Crippen LogP contribution in [0.2, 0.25) is 0 Å². The van der Waals surface area contributed by atoms with Crippen LogP contribution in [0.5, 0.6) is 0 Å². The lowest BCUT2D eigenvalue weighted by Gasteiger charge is -2.14. The zero-order valence-corrected chi connectivity index (χ0v) is 12.7. The van der Waals surface area contributed by atoms with E-state index in [2.05, 4.69) is 31.5 Å². The van der Waals surface area contributed by atoms with Gasteiger partial charge in [0.2, 0.25) is 0 Å². The second-order valence-electron chi connectivity index (χ2n) is 4.57. The standard InChI is InChI=1S/C15H16BrN3O/c1-11(10-12-2-4-13(16)5-3-12)18-15(20)19-14-6-8-17-9-7-14/h2-9,11H,10H2,1H3,(H2,17,18,19,20)/t11-/m1/s1. The third-order valence-electron chi connectivity index (χ3n) is 2.77. The molecular weight excluding hydrogens is 318 g/mol. The summed E-state index contributed by atoms with van der Waals surface area (Å²) < 4.78 is 1.05. The molecule has 2 N–H and O–H groups in total. The molecule has 0 saturated heterocycles. The number of halogens is 1. The largest absolute Gasteiger partial charge is 0.335 e. The number of hydrogen-bond donors (Lipinski definition) is 2. The van der Waals surface area contributed by atoms with Crippen LogP contribution in [0.4, 0.5) is 10.5 Å². The van der Waals surface area contributed by atoms with E-state index in [1.54, 1.807) is 24.5 Å². The molecule has 1 heterocycles. The fourth-order valence-electron chi connectivity index (χ4n) is 1.85. The van der Waals surface area contributed by atoms with Crippen LogP contribution in [-0.4, -0.2) is 17.1 Å². The Kier molecular flexibility index (Phi) is 5.12. The number of hydrogen-bond acceptors (Lipinski definition) is 2. The average Bonchev–Trinajstić information content (AvgIpc) is 2.42. The van der Waals surface area contributed by atoms with Gasteiger partial charge in [-0.3, -0.25) is 4.98 Å². The summed E-state index contributed by atoms with van der Waals surface area (Å²) in [5, 5.41) is 5.68. The van der Waals surface area contributed by atoms with Crippen LogP contribution in [0.25, 0.3) is 0 Å². The van der Waals surface area contributed by atoms with Gasteiger partial charge in [0, 0.05) is 28.6 Å². The van der Waals surface area contributed by atoms with Crippen LogP contribution in [0, 0.1) is 0 Å². The minimum absolute atomic E-state index is 0.0537. The van der Waals surface area contributed by atoms with Crippen LogP contribution in [0.1, 0.15) is 12.5 Å². The molecule has 0 spiro atoms. The first kappa shape index (κ1) is 14.5. The van der Waals surface area contributed by atoms with E-state index >= 15 is 0 Å². The molecule has 2 rings (SSSR count). The van der Waals surface area contributed by atoms with Gasteiger partial charge in [-0.2, -0.15) is 0 Å². The predicted octanol–water partition coefficient (Wildman–Crippen LogP) is 3.60. The van der Waals surface area contributed by atoms with Crippen molar-refractivity contribution in [3.63, 3.8) is 0 Å². The molecule has 1 aromatic carbocycles. The fourth-order valence-corrected chi connectivity index (χ4v) is 2.12. The van der Waals surface area contributed by atoms with Gasteiger partial charge in [-0.25, -0.2) is 4.79 Å². The Bertz CT molecular complexity index is 557. The number of amides is 2. The Morgan fingerprint density at radius 1 is 1.20 bits per heavy atom. The quantitative estimate of drug-likeness (QED) is 0.898. The average molecular weight is 334 g/mol. The highest BCUT2D eigenvalue weighted by molar-refractivity contribution is 9.10. The number of benzene rings is 1. The Balaban J connectivity index is 1.83. The van der Waals surface area contributed by atoms with Gasteiger partial charge in [0.1, 0.15) is 0 Å². The molecule has 0 aliphatic rings. The first-order valence-corrected chi connectivity index (χ1v) is 7.15. The number of nitrogens with one attached hydrogen (secondary N) is 2. The van der Waals surface area contributed by atoms with Crippen LogP contribution >= 0.6 is 15.9 Å². The van der Waals surface area contributed by atoms with Gasteiger partial charge in [-0.15, -0.1) is 0 Å². The van der Waals surface area contributed by atoms with E-state index < -0.39 is 0 Å². The topological polar surface area (TPSA) is 54.0 Å². The third-order valence-corrected chi connectivity index (χ3v) is 3.30. The van der Waals surface area contributed by atoms with Gasteiger partial charge in [0.25, 0.3) is 0 Å². The molecular formula is C15H16BrN3O. The lowest BCUT2D eigenvalue weighted by Crippen LogP contribution is -2.37. The lowest BCUT2D eigenvalue weighted by atomic mass is 10.1. The minimum Gasteiger partial charge on any atom is -0.335 e. The van der Waals surface area contributed by atoms with E-state index in [4.69, 9.17) is 0 Å². The molecule has 20 heavy (non-hydrogen) atoms. The summed E-state index contributed by atoms with van der Waals surface area (Å²) in [5.41, 5.74) is 1.92. The SMILES string of the molecule is C[C@H](Cc1ccc(Br)cc1)NC(=O)Nc1ccncc1. The molecule has 0 bridgehead atoms. The maximum atomic E-state index is 11.8. The predicted molar refractivity (Wildman–Crippen MR) is 83.7 cm³/mol. The number of carbonyl (C=O) groups excluding carboxylic acids is 1. The zero-order valence-electron chi connectivity index (χ0n) is 11.1. The molecule has 104 valence electrons. The van der Waals surface area contributed by atoms with Crippen LogP contribution in [-0.2, 0) is 6.42 Å². The summed E-state index contributed by atoms with van der Waals surface area (Å²) >= 11 is 3.40. The van der Waals surface area contributed by atoms with Crippen molar-refractivity contribution in [1.29, 1.82) is 0 Å². The number of rotatable bonds is 4. The highest BCUT2D eigenvalue weighted by Crippen LogP contribution is 2.12. The van der Waals surface area contributed by atoms with E-state index in [-0.39, 0.29) is 12.1 Å². The summed E-state index contributed by atoms with van der Waals surface area (Å²) in [5.74, 6) is 0. The number of nitrogens with zero attached hydrogens (tertiary/aromatic N) is 1. The molecule has 5 heteroatoms. The molecule has 0 saturated carbocycles. The van der Waals surface area contributed by atoms with Crippen molar-refractivity contribution in [2.24, 2.45) is 0 Å². The molecule has 1 aromatic heterocycles. The van der Waals surface area contributed by atoms with E-state index in [1.807, 2.05) is 31.2 Å². The molecule has 0 aliphatic heterocycles. The van der Waals surface area contributed by atoms with Crippen molar-refractivity contribution in [3.05, 3.63) is 58.8 Å². The van der Waals surface area contributed by atoms with Gasteiger partial charge < -0.3 is 10.6 Å². The van der Waals surface area contributed by atoms with Crippen molar-refractivity contribution in [2.45, 2.75) is 19.4 Å². The van der Waals surface area contributed by atoms with Gasteiger partial charge in [0.15, 0.2) is 0 Å². The number of aromatic nitrogens is 1. The first-order chi connectivity index (χ1) is 9.63. The lowest BCUT2D eigenvalue weighted by molar-refractivity contribution is 0.249. The number of carbonyl (C=O) groups is 1. The smallest absolute Gasteiger partial charge is 0.319 e. The number of pyridine rings is 1. The first-order valence-electron chi connectivity index (χ1n) is 6.35. The molecule has 2 amide bonds.